The number of nitrogens with two attached hydrogens (primary N) is 1. The molecule has 1 saturated heterocycles. The number of piperidine rings is 1. The average Bonchev–Trinajstić information content (AvgIpc) is 2.86. The molecule has 7 heteroatoms. The molecule has 1 aromatic heterocycles. The van der Waals surface area contributed by atoms with E-state index in [1.54, 1.807) is 24.4 Å². The van der Waals surface area contributed by atoms with Gasteiger partial charge in [0.25, 0.3) is 11.8 Å². The van der Waals surface area contributed by atoms with Gasteiger partial charge < -0.3 is 11.1 Å². The molecular weight excluding hydrogens is 428 g/mol. The van der Waals surface area contributed by atoms with Crippen molar-refractivity contribution < 1.29 is 14.4 Å². The van der Waals surface area contributed by atoms with Gasteiger partial charge in [0, 0.05) is 12.7 Å². The number of nitrogens with zero attached hydrogens (tertiary/aromatic N) is 2. The lowest BCUT2D eigenvalue weighted by Crippen LogP contribution is -2.46. The molecule has 2 aromatic rings. The molecule has 1 atom stereocenters. The van der Waals surface area contributed by atoms with Crippen LogP contribution in [-0.2, 0) is 16.1 Å². The Hall–Kier alpha value is -3.32. The number of hydrogen-bond donors (Lipinski definition) is 2. The minimum Gasteiger partial charge on any atom is -0.363 e. The van der Waals surface area contributed by atoms with Crippen molar-refractivity contribution in [2.24, 2.45) is 5.73 Å². The van der Waals surface area contributed by atoms with Crippen molar-refractivity contribution >= 4 is 29.7 Å². The molecule has 0 saturated carbocycles. The highest BCUT2D eigenvalue weighted by atomic mass is 16.2. The number of carbonyl (C=O) groups excluding carboxylic acids is 3. The average molecular weight is 463 g/mol. The second-order valence-electron chi connectivity index (χ2n) is 8.74. The maximum atomic E-state index is 12.9. The molecule has 3 rings (SSSR count). The molecule has 1 fully saturated rings. The summed E-state index contributed by atoms with van der Waals surface area (Å²) in [6.07, 6.45) is 11.1. The van der Waals surface area contributed by atoms with Crippen LogP contribution in [-0.4, -0.2) is 46.6 Å². The van der Waals surface area contributed by atoms with Crippen LogP contribution in [0.25, 0.3) is 12.2 Å². The molecule has 1 aliphatic heterocycles. The molecule has 0 radical (unpaired) electrons. The van der Waals surface area contributed by atoms with E-state index in [2.05, 4.69) is 39.5 Å². The zero-order valence-electron chi connectivity index (χ0n) is 19.8. The smallest absolute Gasteiger partial charge is 0.287 e. The normalized spacial score (nSPS) is 15.2. The van der Waals surface area contributed by atoms with Gasteiger partial charge in [-0.1, -0.05) is 56.5 Å². The highest BCUT2D eigenvalue weighted by Crippen LogP contribution is 2.16. The van der Waals surface area contributed by atoms with Crippen LogP contribution < -0.4 is 11.1 Å². The van der Waals surface area contributed by atoms with E-state index >= 15 is 0 Å². The van der Waals surface area contributed by atoms with Crippen molar-refractivity contribution in [1.29, 1.82) is 0 Å². The van der Waals surface area contributed by atoms with E-state index in [1.807, 2.05) is 13.0 Å². The lowest BCUT2D eigenvalue weighted by Gasteiger charge is -2.26. The van der Waals surface area contributed by atoms with E-state index in [-0.39, 0.29) is 0 Å². The summed E-state index contributed by atoms with van der Waals surface area (Å²) in [5.74, 6) is -2.29. The van der Waals surface area contributed by atoms with E-state index in [0.29, 0.717) is 24.1 Å². The SMILES string of the molecule is CCCCC(NC(=O)c1cccnc1/C=C/c1ccc(CN2CCCCC2)cc1)C(=O)C(N)=O. The van der Waals surface area contributed by atoms with E-state index in [1.165, 1.54) is 24.8 Å². The van der Waals surface area contributed by atoms with Gasteiger partial charge in [-0.15, -0.1) is 0 Å². The van der Waals surface area contributed by atoms with Crippen molar-refractivity contribution in [3.63, 3.8) is 0 Å². The van der Waals surface area contributed by atoms with E-state index in [4.69, 9.17) is 5.73 Å². The number of ketones is 1. The Balaban J connectivity index is 1.68. The van der Waals surface area contributed by atoms with Crippen LogP contribution >= 0.6 is 0 Å². The Morgan fingerprint density at radius 3 is 2.50 bits per heavy atom. The molecule has 2 heterocycles. The van der Waals surface area contributed by atoms with Gasteiger partial charge in [-0.05, 0) is 61.7 Å². The van der Waals surface area contributed by atoms with Crippen LogP contribution in [0.2, 0.25) is 0 Å². The van der Waals surface area contributed by atoms with Crippen LogP contribution in [0.3, 0.4) is 0 Å². The quantitative estimate of drug-likeness (QED) is 0.497. The second-order valence-corrected chi connectivity index (χ2v) is 8.74. The molecule has 0 spiro atoms. The number of primary amides is 1. The number of Topliss-reactive ketones (excluding diaryl/α,β-unsaturated/α-hetero) is 1. The number of rotatable bonds is 11. The third kappa shape index (κ3) is 7.35. The van der Waals surface area contributed by atoms with Gasteiger partial charge in [0.15, 0.2) is 0 Å². The van der Waals surface area contributed by atoms with Gasteiger partial charge in [0.05, 0.1) is 17.3 Å². The first-order valence-electron chi connectivity index (χ1n) is 12.1. The molecule has 3 N–H and O–H groups in total. The predicted octanol–water partition coefficient (Wildman–Crippen LogP) is 3.58. The lowest BCUT2D eigenvalue weighted by atomic mass is 10.0. The van der Waals surface area contributed by atoms with Gasteiger partial charge in [0.2, 0.25) is 5.78 Å². The summed E-state index contributed by atoms with van der Waals surface area (Å²) in [6, 6.07) is 10.8. The number of nitrogens with one attached hydrogen (secondary N) is 1. The predicted molar refractivity (Wildman–Crippen MR) is 134 cm³/mol. The van der Waals surface area contributed by atoms with E-state index < -0.39 is 23.6 Å². The number of hydrogen-bond acceptors (Lipinski definition) is 5. The van der Waals surface area contributed by atoms with Gasteiger partial charge in [-0.2, -0.15) is 0 Å². The van der Waals surface area contributed by atoms with Gasteiger partial charge in [0.1, 0.15) is 0 Å². The standard InChI is InChI=1S/C27H34N4O3/c1-2-3-9-24(25(32)26(28)33)30-27(34)22-8-7-16-29-23(22)15-14-20-10-12-21(13-11-20)19-31-17-5-4-6-18-31/h7-8,10-16,24H,2-6,9,17-19H2,1H3,(H2,28,33)(H,30,34)/b15-14+. The fourth-order valence-corrected chi connectivity index (χ4v) is 4.11. The Labute approximate surface area is 201 Å². The topological polar surface area (TPSA) is 105 Å². The molecule has 1 aromatic carbocycles. The fraction of sp³-hybridized carbons (Fsp3) is 0.407. The van der Waals surface area contributed by atoms with Crippen LogP contribution in [0, 0.1) is 0 Å². The third-order valence-corrected chi connectivity index (χ3v) is 6.06. The number of pyridine rings is 1. The number of aromatic nitrogens is 1. The molecule has 1 aliphatic rings. The van der Waals surface area contributed by atoms with E-state index in [0.717, 1.165) is 31.6 Å². The van der Waals surface area contributed by atoms with Gasteiger partial charge in [-0.3, -0.25) is 24.3 Å². The number of benzene rings is 1. The first-order chi connectivity index (χ1) is 16.5. The summed E-state index contributed by atoms with van der Waals surface area (Å²) >= 11 is 0. The number of likely N-dealkylation sites (tertiary alicyclic amines) is 1. The number of amides is 2. The molecule has 34 heavy (non-hydrogen) atoms. The van der Waals surface area contributed by atoms with Crippen molar-refractivity contribution in [3.05, 3.63) is 65.0 Å². The minimum absolute atomic E-state index is 0.333. The van der Waals surface area contributed by atoms with Crippen molar-refractivity contribution in [2.75, 3.05) is 13.1 Å². The minimum atomic E-state index is -1.04. The summed E-state index contributed by atoms with van der Waals surface area (Å²) in [7, 11) is 0. The van der Waals surface area contributed by atoms with Crippen molar-refractivity contribution in [3.8, 4) is 0 Å². The largest absolute Gasteiger partial charge is 0.363 e. The van der Waals surface area contributed by atoms with Crippen LogP contribution in [0.5, 0.6) is 0 Å². The Morgan fingerprint density at radius 1 is 1.09 bits per heavy atom. The molecule has 7 nitrogen and oxygen atoms in total. The van der Waals surface area contributed by atoms with Crippen molar-refractivity contribution in [2.45, 2.75) is 58.0 Å². The van der Waals surface area contributed by atoms with Crippen molar-refractivity contribution in [1.82, 2.24) is 15.2 Å². The maximum Gasteiger partial charge on any atom is 0.287 e. The van der Waals surface area contributed by atoms with Gasteiger partial charge in [-0.25, -0.2) is 0 Å². The maximum absolute atomic E-state index is 12.9. The summed E-state index contributed by atoms with van der Waals surface area (Å²) in [6.45, 7) is 5.27. The molecule has 2 amide bonds. The van der Waals surface area contributed by atoms with Crippen LogP contribution in [0.1, 0.15) is 72.6 Å². The molecule has 1 unspecified atom stereocenters. The number of carbonyl (C=O) groups is 3. The summed E-state index contributed by atoms with van der Waals surface area (Å²) in [4.78, 5) is 43.3. The zero-order chi connectivity index (χ0) is 24.3. The molecule has 0 bridgehead atoms. The summed E-state index contributed by atoms with van der Waals surface area (Å²) in [5, 5.41) is 2.67. The Morgan fingerprint density at radius 2 is 1.82 bits per heavy atom. The highest BCUT2D eigenvalue weighted by molar-refractivity contribution is 6.38. The fourth-order valence-electron chi connectivity index (χ4n) is 4.11. The molecular formula is C27H34N4O3. The highest BCUT2D eigenvalue weighted by Gasteiger charge is 2.25. The van der Waals surface area contributed by atoms with Gasteiger partial charge >= 0.3 is 0 Å². The van der Waals surface area contributed by atoms with E-state index in [9.17, 15) is 14.4 Å². The lowest BCUT2D eigenvalue weighted by molar-refractivity contribution is -0.137. The third-order valence-electron chi connectivity index (χ3n) is 6.06. The molecule has 180 valence electrons. The second kappa shape index (κ2) is 12.8. The molecule has 0 aliphatic carbocycles. The monoisotopic (exact) mass is 462 g/mol. The Bertz CT molecular complexity index is 1010. The summed E-state index contributed by atoms with van der Waals surface area (Å²) < 4.78 is 0. The zero-order valence-corrected chi connectivity index (χ0v) is 19.8. The first kappa shape index (κ1) is 25.3. The van der Waals surface area contributed by atoms with Crippen LogP contribution in [0.15, 0.2) is 42.6 Å². The summed E-state index contributed by atoms with van der Waals surface area (Å²) in [5.41, 5.74) is 8.27. The van der Waals surface area contributed by atoms with Crippen LogP contribution in [0.4, 0.5) is 0 Å². The number of unbranched alkanes of at least 4 members (excludes halogenated alkanes) is 1. The first-order valence-corrected chi connectivity index (χ1v) is 12.1. The Kier molecular flexibility index (Phi) is 9.52.